The first-order valence-electron chi connectivity index (χ1n) is 8.01. The molecule has 8 heteroatoms. The van der Waals surface area contributed by atoms with Crippen LogP contribution < -0.4 is 5.32 Å². The first kappa shape index (κ1) is 15.9. The van der Waals surface area contributed by atoms with Crippen molar-refractivity contribution in [3.05, 3.63) is 66.0 Å². The van der Waals surface area contributed by atoms with Gasteiger partial charge in [-0.25, -0.2) is 9.48 Å². The molecule has 0 bridgehead atoms. The third-order valence-corrected chi connectivity index (χ3v) is 4.28. The van der Waals surface area contributed by atoms with E-state index in [0.717, 1.165) is 5.56 Å². The summed E-state index contributed by atoms with van der Waals surface area (Å²) in [5.41, 5.74) is 1.27. The summed E-state index contributed by atoms with van der Waals surface area (Å²) in [7, 11) is 0. The highest BCUT2D eigenvalue weighted by molar-refractivity contribution is 6.02. The average Bonchev–Trinajstić information content (AvgIpc) is 3.16. The van der Waals surface area contributed by atoms with Crippen LogP contribution >= 0.6 is 0 Å². The fraction of sp³-hybridized carbons (Fsp3) is 0.167. The largest absolute Gasteiger partial charge is 0.445 e. The number of ether oxygens (including phenoxy) is 1. The number of cyclic esters (lactones) is 1. The molecule has 1 atom stereocenters. The van der Waals surface area contributed by atoms with Gasteiger partial charge in [-0.1, -0.05) is 24.3 Å². The van der Waals surface area contributed by atoms with Crippen LogP contribution in [-0.2, 0) is 16.0 Å². The monoisotopic (exact) mass is 349 g/mol. The highest BCUT2D eigenvalue weighted by atomic mass is 16.6. The second-order valence-electron chi connectivity index (χ2n) is 6.21. The second-order valence-corrected chi connectivity index (χ2v) is 6.21. The minimum atomic E-state index is -1.28. The van der Waals surface area contributed by atoms with E-state index in [2.05, 4.69) is 20.8 Å². The number of esters is 1. The number of rotatable bonds is 3. The van der Waals surface area contributed by atoms with E-state index < -0.39 is 17.5 Å². The van der Waals surface area contributed by atoms with Crippen molar-refractivity contribution in [1.82, 2.24) is 20.2 Å². The van der Waals surface area contributed by atoms with Gasteiger partial charge in [0.25, 0.3) is 5.91 Å². The molecule has 0 aliphatic carbocycles. The minimum absolute atomic E-state index is 0.313. The van der Waals surface area contributed by atoms with Crippen molar-refractivity contribution in [2.24, 2.45) is 0 Å². The van der Waals surface area contributed by atoms with Crippen molar-refractivity contribution in [1.29, 1.82) is 0 Å². The lowest BCUT2D eigenvalue weighted by molar-refractivity contribution is -0.134. The van der Waals surface area contributed by atoms with Gasteiger partial charge in [-0.2, -0.15) is 0 Å². The van der Waals surface area contributed by atoms with Gasteiger partial charge in [-0.05, 0) is 47.2 Å². The molecule has 0 spiro atoms. The number of anilines is 1. The van der Waals surface area contributed by atoms with E-state index in [9.17, 15) is 9.59 Å². The summed E-state index contributed by atoms with van der Waals surface area (Å²) in [5, 5.41) is 13.8. The molecule has 1 amide bonds. The molecule has 1 N–H and O–H groups in total. The van der Waals surface area contributed by atoms with Gasteiger partial charge in [0.2, 0.25) is 0 Å². The zero-order valence-corrected chi connectivity index (χ0v) is 13.9. The number of hydrogen-bond acceptors (Lipinski definition) is 6. The number of nitrogens with zero attached hydrogens (tertiary/aromatic N) is 4. The van der Waals surface area contributed by atoms with Gasteiger partial charge < -0.3 is 10.1 Å². The number of benzene rings is 2. The molecule has 0 unspecified atom stereocenters. The Morgan fingerprint density at radius 1 is 1.23 bits per heavy atom. The van der Waals surface area contributed by atoms with Crippen molar-refractivity contribution in [3.8, 4) is 5.69 Å². The number of hydrogen-bond donors (Lipinski definition) is 1. The maximum absolute atomic E-state index is 12.8. The van der Waals surface area contributed by atoms with Crippen LogP contribution in [0.2, 0.25) is 0 Å². The molecule has 0 saturated carbocycles. The second kappa shape index (κ2) is 6.07. The molecule has 8 nitrogen and oxygen atoms in total. The first-order chi connectivity index (χ1) is 12.5. The van der Waals surface area contributed by atoms with Gasteiger partial charge in [-0.15, -0.1) is 5.10 Å². The molecule has 0 fully saturated rings. The third kappa shape index (κ3) is 2.81. The van der Waals surface area contributed by atoms with E-state index in [4.69, 9.17) is 4.74 Å². The smallest absolute Gasteiger partial charge is 0.339 e. The van der Waals surface area contributed by atoms with E-state index >= 15 is 0 Å². The molecule has 1 aliphatic heterocycles. The van der Waals surface area contributed by atoms with Crippen LogP contribution in [0.1, 0.15) is 22.8 Å². The van der Waals surface area contributed by atoms with Crippen LogP contribution in [0.15, 0.2) is 54.9 Å². The molecule has 3 aromatic rings. The molecular weight excluding hydrogens is 334 g/mol. The molecule has 4 rings (SSSR count). The summed E-state index contributed by atoms with van der Waals surface area (Å²) >= 11 is 0. The van der Waals surface area contributed by atoms with E-state index in [0.29, 0.717) is 23.4 Å². The zero-order chi connectivity index (χ0) is 18.1. The minimum Gasteiger partial charge on any atom is -0.445 e. The lowest BCUT2D eigenvalue weighted by Crippen LogP contribution is -2.48. The van der Waals surface area contributed by atoms with Crippen LogP contribution in [0.5, 0.6) is 0 Å². The maximum Gasteiger partial charge on any atom is 0.339 e. The molecule has 1 aromatic heterocycles. The molecular formula is C18H15N5O3. The number of tetrazole rings is 1. The Morgan fingerprint density at radius 2 is 2.08 bits per heavy atom. The Bertz CT molecular complexity index is 986. The molecule has 1 aliphatic rings. The molecule has 2 aromatic carbocycles. The predicted molar refractivity (Wildman–Crippen MR) is 91.8 cm³/mol. The van der Waals surface area contributed by atoms with E-state index in [1.807, 2.05) is 18.2 Å². The van der Waals surface area contributed by atoms with E-state index in [1.165, 1.54) is 11.0 Å². The summed E-state index contributed by atoms with van der Waals surface area (Å²) in [6.07, 6.45) is 1.77. The fourth-order valence-electron chi connectivity index (χ4n) is 2.93. The van der Waals surface area contributed by atoms with Crippen molar-refractivity contribution in [2.75, 3.05) is 5.32 Å². The summed E-state index contributed by atoms with van der Waals surface area (Å²) < 4.78 is 6.93. The van der Waals surface area contributed by atoms with Crippen molar-refractivity contribution >= 4 is 17.6 Å². The number of fused-ring (bicyclic) bond motifs is 1. The summed E-state index contributed by atoms with van der Waals surface area (Å²) in [5.74, 6) is -0.888. The molecule has 26 heavy (non-hydrogen) atoms. The van der Waals surface area contributed by atoms with Gasteiger partial charge in [0.1, 0.15) is 6.33 Å². The zero-order valence-electron chi connectivity index (χ0n) is 13.9. The van der Waals surface area contributed by atoms with Crippen LogP contribution in [-0.4, -0.2) is 37.7 Å². The van der Waals surface area contributed by atoms with E-state index in [-0.39, 0.29) is 0 Å². The Balaban J connectivity index is 1.57. The standard InChI is InChI=1S/C18H15N5O3/c1-18(10-12-5-2-3-8-15(12)16(24)26-18)17(25)20-13-6-4-7-14(9-13)23-11-19-21-22-23/h2-9,11H,10H2,1H3,(H,20,25)/t18-/m0/s1. The van der Waals surface area contributed by atoms with Crippen LogP contribution in [0.25, 0.3) is 5.69 Å². The highest BCUT2D eigenvalue weighted by Gasteiger charge is 2.42. The average molecular weight is 349 g/mol. The van der Waals surface area contributed by atoms with E-state index in [1.54, 1.807) is 37.3 Å². The molecule has 0 radical (unpaired) electrons. The number of carbonyl (C=O) groups excluding carboxylic acids is 2. The highest BCUT2D eigenvalue weighted by Crippen LogP contribution is 2.29. The van der Waals surface area contributed by atoms with Crippen LogP contribution in [0, 0.1) is 0 Å². The maximum atomic E-state index is 12.8. The third-order valence-electron chi connectivity index (χ3n) is 4.28. The molecule has 130 valence electrons. The first-order valence-corrected chi connectivity index (χ1v) is 8.01. The van der Waals surface area contributed by atoms with Crippen molar-refractivity contribution in [2.45, 2.75) is 18.9 Å². The number of carbonyl (C=O) groups is 2. The Morgan fingerprint density at radius 3 is 2.88 bits per heavy atom. The van der Waals surface area contributed by atoms with Gasteiger partial charge in [0, 0.05) is 12.1 Å². The normalized spacial score (nSPS) is 18.7. The summed E-state index contributed by atoms with van der Waals surface area (Å²) in [6.45, 7) is 1.61. The Hall–Kier alpha value is -3.55. The molecule has 2 heterocycles. The predicted octanol–water partition coefficient (Wildman–Crippen LogP) is 1.77. The SMILES string of the molecule is C[C@@]1(C(=O)Nc2cccc(-n3cnnn3)c2)Cc2ccccc2C(=O)O1. The quantitative estimate of drug-likeness (QED) is 0.724. The van der Waals surface area contributed by atoms with Gasteiger partial charge in [0.05, 0.1) is 11.3 Å². The van der Waals surface area contributed by atoms with Crippen LogP contribution in [0.3, 0.4) is 0 Å². The number of aromatic nitrogens is 4. The number of amides is 1. The van der Waals surface area contributed by atoms with Crippen molar-refractivity contribution < 1.29 is 14.3 Å². The lowest BCUT2D eigenvalue weighted by Gasteiger charge is -2.33. The topological polar surface area (TPSA) is 99.0 Å². The number of nitrogens with one attached hydrogen (secondary N) is 1. The van der Waals surface area contributed by atoms with Gasteiger partial charge in [-0.3, -0.25) is 4.79 Å². The summed E-state index contributed by atoms with van der Waals surface area (Å²) in [6, 6.07) is 14.2. The van der Waals surface area contributed by atoms with Gasteiger partial charge in [0.15, 0.2) is 5.60 Å². The fourth-order valence-corrected chi connectivity index (χ4v) is 2.93. The van der Waals surface area contributed by atoms with Crippen LogP contribution in [0.4, 0.5) is 5.69 Å². The lowest BCUT2D eigenvalue weighted by atomic mass is 9.89. The molecule has 0 saturated heterocycles. The van der Waals surface area contributed by atoms with Crippen molar-refractivity contribution in [3.63, 3.8) is 0 Å². The Kier molecular flexibility index (Phi) is 3.72. The summed E-state index contributed by atoms with van der Waals surface area (Å²) in [4.78, 5) is 25.0. The van der Waals surface area contributed by atoms with Gasteiger partial charge >= 0.3 is 5.97 Å². The Labute approximate surface area is 148 Å².